The molecule has 24 heavy (non-hydrogen) atoms. The number of benzene rings is 2. The summed E-state index contributed by atoms with van der Waals surface area (Å²) in [6.07, 6.45) is 1.58. The van der Waals surface area contributed by atoms with Crippen LogP contribution in [0, 0.1) is 6.92 Å². The molecule has 0 aliphatic rings. The highest BCUT2D eigenvalue weighted by Gasteiger charge is 2.04. The number of hydrogen-bond acceptors (Lipinski definition) is 3. The number of rotatable bonds is 6. The molecule has 1 amide bonds. The molecular formula is C20H19NO3. The number of carbonyl (C=O) groups excluding carboxylic acids is 1. The van der Waals surface area contributed by atoms with Crippen molar-refractivity contribution in [2.45, 2.75) is 13.5 Å². The zero-order valence-electron chi connectivity index (χ0n) is 13.5. The summed E-state index contributed by atoms with van der Waals surface area (Å²) in [6.45, 7) is 2.41. The molecule has 0 saturated heterocycles. The van der Waals surface area contributed by atoms with E-state index in [-0.39, 0.29) is 12.5 Å². The van der Waals surface area contributed by atoms with Crippen LogP contribution in [0.3, 0.4) is 0 Å². The zero-order valence-corrected chi connectivity index (χ0v) is 13.5. The van der Waals surface area contributed by atoms with Crippen LogP contribution in [0.4, 0.5) is 0 Å². The standard InChI is InChI=1S/C20H19NO3/c1-15-4-6-16(7-5-15)17-8-10-18(11-9-17)24-14-20(22)21-13-19-3-2-12-23-19/h2-12H,13-14H2,1H3,(H,21,22). The SMILES string of the molecule is Cc1ccc(-c2ccc(OCC(=O)NCc3ccco3)cc2)cc1. The smallest absolute Gasteiger partial charge is 0.258 e. The van der Waals surface area contributed by atoms with Crippen LogP contribution < -0.4 is 10.1 Å². The van der Waals surface area contributed by atoms with Gasteiger partial charge in [0.2, 0.25) is 0 Å². The van der Waals surface area contributed by atoms with Crippen molar-refractivity contribution in [3.63, 3.8) is 0 Å². The van der Waals surface area contributed by atoms with Gasteiger partial charge in [0.1, 0.15) is 11.5 Å². The summed E-state index contributed by atoms with van der Waals surface area (Å²) in [5, 5.41) is 2.74. The average molecular weight is 321 g/mol. The number of aryl methyl sites for hydroxylation is 1. The third kappa shape index (κ3) is 4.26. The Bertz CT molecular complexity index is 775. The average Bonchev–Trinajstić information content (AvgIpc) is 3.13. The quantitative estimate of drug-likeness (QED) is 0.748. The molecule has 1 heterocycles. The molecular weight excluding hydrogens is 302 g/mol. The van der Waals surface area contributed by atoms with Crippen molar-refractivity contribution in [2.75, 3.05) is 6.61 Å². The van der Waals surface area contributed by atoms with Gasteiger partial charge in [-0.15, -0.1) is 0 Å². The van der Waals surface area contributed by atoms with E-state index in [9.17, 15) is 4.79 Å². The van der Waals surface area contributed by atoms with Crippen molar-refractivity contribution in [3.8, 4) is 16.9 Å². The Kier molecular flexibility index (Phi) is 4.96. The third-order valence-electron chi connectivity index (χ3n) is 3.65. The largest absolute Gasteiger partial charge is 0.484 e. The Hall–Kier alpha value is -3.01. The van der Waals surface area contributed by atoms with Gasteiger partial charge in [-0.05, 0) is 42.3 Å². The minimum Gasteiger partial charge on any atom is -0.484 e. The fraction of sp³-hybridized carbons (Fsp3) is 0.150. The predicted molar refractivity (Wildman–Crippen MR) is 92.7 cm³/mol. The van der Waals surface area contributed by atoms with Gasteiger partial charge in [0.05, 0.1) is 12.8 Å². The molecule has 0 fully saturated rings. The van der Waals surface area contributed by atoms with Gasteiger partial charge in [-0.2, -0.15) is 0 Å². The fourth-order valence-electron chi connectivity index (χ4n) is 2.29. The Morgan fingerprint density at radius 3 is 2.29 bits per heavy atom. The van der Waals surface area contributed by atoms with Crippen molar-refractivity contribution in [1.29, 1.82) is 0 Å². The Morgan fingerprint density at radius 2 is 1.67 bits per heavy atom. The molecule has 0 saturated carbocycles. The molecule has 0 unspecified atom stereocenters. The maximum atomic E-state index is 11.8. The van der Waals surface area contributed by atoms with E-state index in [2.05, 4.69) is 36.5 Å². The number of hydrogen-bond donors (Lipinski definition) is 1. The molecule has 122 valence electrons. The van der Waals surface area contributed by atoms with Gasteiger partial charge in [0, 0.05) is 0 Å². The van der Waals surface area contributed by atoms with Crippen molar-refractivity contribution >= 4 is 5.91 Å². The van der Waals surface area contributed by atoms with E-state index in [1.54, 1.807) is 12.3 Å². The van der Waals surface area contributed by atoms with E-state index in [1.807, 2.05) is 30.3 Å². The lowest BCUT2D eigenvalue weighted by atomic mass is 10.0. The molecule has 3 rings (SSSR count). The van der Waals surface area contributed by atoms with Crippen LogP contribution in [0.2, 0.25) is 0 Å². The van der Waals surface area contributed by atoms with Gasteiger partial charge in [0.25, 0.3) is 5.91 Å². The van der Waals surface area contributed by atoms with Crippen molar-refractivity contribution in [2.24, 2.45) is 0 Å². The molecule has 0 spiro atoms. The summed E-state index contributed by atoms with van der Waals surface area (Å²) in [5.41, 5.74) is 3.51. The number of carbonyl (C=O) groups is 1. The first-order chi connectivity index (χ1) is 11.7. The predicted octanol–water partition coefficient (Wildman–Crippen LogP) is 3.95. The second-order valence-electron chi connectivity index (χ2n) is 5.54. The number of ether oxygens (including phenoxy) is 1. The van der Waals surface area contributed by atoms with Crippen LogP contribution in [-0.4, -0.2) is 12.5 Å². The number of amides is 1. The van der Waals surface area contributed by atoms with E-state index in [4.69, 9.17) is 9.15 Å². The van der Waals surface area contributed by atoms with Gasteiger partial charge in [0.15, 0.2) is 6.61 Å². The molecule has 2 aromatic carbocycles. The van der Waals surface area contributed by atoms with Gasteiger partial charge in [-0.1, -0.05) is 42.0 Å². The first-order valence-electron chi connectivity index (χ1n) is 7.80. The van der Waals surface area contributed by atoms with Crippen molar-refractivity contribution in [1.82, 2.24) is 5.32 Å². The van der Waals surface area contributed by atoms with Crippen LogP contribution in [-0.2, 0) is 11.3 Å². The van der Waals surface area contributed by atoms with E-state index in [1.165, 1.54) is 5.56 Å². The first-order valence-corrected chi connectivity index (χ1v) is 7.80. The normalized spacial score (nSPS) is 10.4. The Morgan fingerprint density at radius 1 is 1.00 bits per heavy atom. The summed E-state index contributed by atoms with van der Waals surface area (Å²) in [7, 11) is 0. The highest BCUT2D eigenvalue weighted by atomic mass is 16.5. The molecule has 3 aromatic rings. The van der Waals surface area contributed by atoms with E-state index in [0.29, 0.717) is 18.1 Å². The van der Waals surface area contributed by atoms with Crippen LogP contribution in [0.15, 0.2) is 71.3 Å². The van der Waals surface area contributed by atoms with Crippen LogP contribution in [0.25, 0.3) is 11.1 Å². The Balaban J connectivity index is 1.50. The monoisotopic (exact) mass is 321 g/mol. The Labute approximate surface area is 141 Å². The van der Waals surface area contributed by atoms with Gasteiger partial charge in [-0.3, -0.25) is 4.79 Å². The molecule has 1 N–H and O–H groups in total. The summed E-state index contributed by atoms with van der Waals surface area (Å²) in [6, 6.07) is 19.7. The second kappa shape index (κ2) is 7.51. The van der Waals surface area contributed by atoms with Gasteiger partial charge < -0.3 is 14.5 Å². The fourth-order valence-corrected chi connectivity index (χ4v) is 2.29. The zero-order chi connectivity index (χ0) is 16.8. The molecule has 0 radical (unpaired) electrons. The van der Waals surface area contributed by atoms with Gasteiger partial charge >= 0.3 is 0 Å². The molecule has 4 nitrogen and oxygen atoms in total. The van der Waals surface area contributed by atoms with Crippen molar-refractivity contribution in [3.05, 3.63) is 78.3 Å². The lowest BCUT2D eigenvalue weighted by molar-refractivity contribution is -0.123. The molecule has 0 atom stereocenters. The minimum absolute atomic E-state index is 0.0232. The summed E-state index contributed by atoms with van der Waals surface area (Å²) < 4.78 is 10.7. The summed E-state index contributed by atoms with van der Waals surface area (Å²) in [5.74, 6) is 1.19. The van der Waals surface area contributed by atoms with Crippen molar-refractivity contribution < 1.29 is 13.9 Å². The summed E-state index contributed by atoms with van der Waals surface area (Å²) in [4.78, 5) is 11.8. The van der Waals surface area contributed by atoms with Crippen LogP contribution in [0.1, 0.15) is 11.3 Å². The first kappa shape index (κ1) is 15.9. The van der Waals surface area contributed by atoms with E-state index < -0.39 is 0 Å². The van der Waals surface area contributed by atoms with Crippen LogP contribution in [0.5, 0.6) is 5.75 Å². The molecule has 1 aromatic heterocycles. The topological polar surface area (TPSA) is 51.5 Å². The molecule has 4 heteroatoms. The van der Waals surface area contributed by atoms with Crippen LogP contribution >= 0.6 is 0 Å². The highest BCUT2D eigenvalue weighted by molar-refractivity contribution is 5.77. The molecule has 0 aliphatic heterocycles. The van der Waals surface area contributed by atoms with E-state index >= 15 is 0 Å². The van der Waals surface area contributed by atoms with Gasteiger partial charge in [-0.25, -0.2) is 0 Å². The molecule has 0 bridgehead atoms. The maximum absolute atomic E-state index is 11.8. The molecule has 0 aliphatic carbocycles. The maximum Gasteiger partial charge on any atom is 0.258 e. The lowest BCUT2D eigenvalue weighted by Crippen LogP contribution is -2.28. The number of furan rings is 1. The number of nitrogens with one attached hydrogen (secondary N) is 1. The minimum atomic E-state index is -0.186. The third-order valence-corrected chi connectivity index (χ3v) is 3.65. The second-order valence-corrected chi connectivity index (χ2v) is 5.54. The highest BCUT2D eigenvalue weighted by Crippen LogP contribution is 2.22. The summed E-state index contributed by atoms with van der Waals surface area (Å²) >= 11 is 0. The van der Waals surface area contributed by atoms with E-state index in [0.717, 1.165) is 11.1 Å². The lowest BCUT2D eigenvalue weighted by Gasteiger charge is -2.08.